The van der Waals surface area contributed by atoms with Gasteiger partial charge in [0.05, 0.1) is 13.7 Å². The molecule has 122 valence electrons. The zero-order chi connectivity index (χ0) is 15.9. The third kappa shape index (κ3) is 5.00. The Kier molecular flexibility index (Phi) is 6.21. The van der Waals surface area contributed by atoms with Crippen LogP contribution >= 0.6 is 0 Å². The maximum absolute atomic E-state index is 10.5. The second-order valence-electron chi connectivity index (χ2n) is 6.10. The van der Waals surface area contributed by atoms with Crippen LogP contribution in [0.4, 0.5) is 0 Å². The van der Waals surface area contributed by atoms with Crippen molar-refractivity contribution < 1.29 is 14.6 Å². The summed E-state index contributed by atoms with van der Waals surface area (Å²) in [5.41, 5.74) is 2.23. The van der Waals surface area contributed by atoms with Crippen molar-refractivity contribution in [1.29, 1.82) is 0 Å². The fourth-order valence-electron chi connectivity index (χ4n) is 2.82. The molecule has 5 nitrogen and oxygen atoms in total. The van der Waals surface area contributed by atoms with Gasteiger partial charge in [0.2, 0.25) is 0 Å². The van der Waals surface area contributed by atoms with E-state index in [4.69, 9.17) is 9.84 Å². The van der Waals surface area contributed by atoms with E-state index >= 15 is 0 Å². The molecule has 2 rings (SSSR count). The summed E-state index contributed by atoms with van der Waals surface area (Å²) in [6.07, 6.45) is 2.54. The Morgan fingerprint density at radius 1 is 1.41 bits per heavy atom. The molecule has 0 atom stereocenters. The first-order valence-corrected chi connectivity index (χ1v) is 7.89. The number of rotatable bonds is 7. The van der Waals surface area contributed by atoms with Crippen molar-refractivity contribution in [1.82, 2.24) is 10.2 Å². The molecule has 1 aromatic rings. The van der Waals surface area contributed by atoms with E-state index in [-0.39, 0.29) is 6.54 Å². The Morgan fingerprint density at radius 3 is 2.77 bits per heavy atom. The molecule has 0 saturated carbocycles. The van der Waals surface area contributed by atoms with Crippen molar-refractivity contribution in [2.45, 2.75) is 32.9 Å². The third-order valence-electron chi connectivity index (χ3n) is 4.23. The summed E-state index contributed by atoms with van der Waals surface area (Å²) in [5.74, 6) is 0.809. The number of nitrogens with zero attached hydrogens (tertiary/aromatic N) is 1. The van der Waals surface area contributed by atoms with E-state index in [9.17, 15) is 4.79 Å². The molecule has 1 heterocycles. The van der Waals surface area contributed by atoms with Gasteiger partial charge in [-0.05, 0) is 43.5 Å². The molecule has 1 aliphatic rings. The van der Waals surface area contributed by atoms with Gasteiger partial charge in [0.15, 0.2) is 0 Å². The molecule has 1 aliphatic heterocycles. The minimum Gasteiger partial charge on any atom is -0.496 e. The van der Waals surface area contributed by atoms with Gasteiger partial charge in [-0.3, -0.25) is 9.69 Å². The molecule has 0 aliphatic carbocycles. The van der Waals surface area contributed by atoms with Gasteiger partial charge >= 0.3 is 5.97 Å². The van der Waals surface area contributed by atoms with E-state index in [0.717, 1.165) is 36.9 Å². The average molecular weight is 306 g/mol. The quantitative estimate of drug-likeness (QED) is 0.808. The predicted molar refractivity (Wildman–Crippen MR) is 86.0 cm³/mol. The van der Waals surface area contributed by atoms with Crippen LogP contribution in [0.1, 0.15) is 30.9 Å². The second-order valence-corrected chi connectivity index (χ2v) is 6.10. The van der Waals surface area contributed by atoms with Crippen LogP contribution in [0.2, 0.25) is 0 Å². The Hall–Kier alpha value is -1.59. The highest BCUT2D eigenvalue weighted by molar-refractivity contribution is 5.69. The Labute approximate surface area is 132 Å². The number of carboxylic acid groups (broad SMARTS) is 1. The Morgan fingerprint density at radius 2 is 2.14 bits per heavy atom. The van der Waals surface area contributed by atoms with E-state index in [1.165, 1.54) is 18.4 Å². The number of piperidine rings is 1. The molecule has 0 radical (unpaired) electrons. The number of methoxy groups -OCH3 is 1. The fraction of sp³-hybridized carbons (Fsp3) is 0.588. The number of nitrogens with one attached hydrogen (secondary N) is 1. The lowest BCUT2D eigenvalue weighted by atomic mass is 9.98. The standard InChI is InChI=1S/C17H26N2O3/c1-13-5-7-19(8-6-13)12-14-3-4-15(16(9-14)22-2)10-18-11-17(20)21/h3-4,9,13,18H,5-8,10-12H2,1-2H3,(H,20,21). The average Bonchev–Trinajstić information content (AvgIpc) is 2.50. The molecule has 1 fully saturated rings. The first-order valence-electron chi connectivity index (χ1n) is 7.89. The monoisotopic (exact) mass is 306 g/mol. The van der Waals surface area contributed by atoms with Crippen molar-refractivity contribution in [3.8, 4) is 5.75 Å². The summed E-state index contributed by atoms with van der Waals surface area (Å²) in [6.45, 7) is 6.04. The van der Waals surface area contributed by atoms with Gasteiger partial charge in [-0.1, -0.05) is 19.1 Å². The summed E-state index contributed by atoms with van der Waals surface area (Å²) in [6, 6.07) is 6.20. The highest BCUT2D eigenvalue weighted by atomic mass is 16.5. The van der Waals surface area contributed by atoms with Gasteiger partial charge in [0, 0.05) is 18.7 Å². The van der Waals surface area contributed by atoms with E-state index in [1.54, 1.807) is 7.11 Å². The molecule has 0 unspecified atom stereocenters. The minimum absolute atomic E-state index is 0.0448. The van der Waals surface area contributed by atoms with Gasteiger partial charge < -0.3 is 15.2 Å². The number of ether oxygens (including phenoxy) is 1. The van der Waals surface area contributed by atoms with Crippen LogP contribution in [0.3, 0.4) is 0 Å². The van der Waals surface area contributed by atoms with Crippen LogP contribution < -0.4 is 10.1 Å². The van der Waals surface area contributed by atoms with Crippen LogP contribution in [0.25, 0.3) is 0 Å². The molecule has 1 saturated heterocycles. The zero-order valence-electron chi connectivity index (χ0n) is 13.5. The lowest BCUT2D eigenvalue weighted by molar-refractivity contribution is -0.136. The van der Waals surface area contributed by atoms with Gasteiger partial charge in [0.1, 0.15) is 5.75 Å². The Balaban J connectivity index is 1.94. The highest BCUT2D eigenvalue weighted by Crippen LogP contribution is 2.23. The summed E-state index contributed by atoms with van der Waals surface area (Å²) < 4.78 is 5.44. The van der Waals surface area contributed by atoms with Crippen LogP contribution in [0.5, 0.6) is 5.75 Å². The van der Waals surface area contributed by atoms with Crippen molar-refractivity contribution in [3.05, 3.63) is 29.3 Å². The normalized spacial score (nSPS) is 16.6. The molecular formula is C17H26N2O3. The molecule has 0 bridgehead atoms. The summed E-state index contributed by atoms with van der Waals surface area (Å²) >= 11 is 0. The van der Waals surface area contributed by atoms with E-state index < -0.39 is 5.97 Å². The summed E-state index contributed by atoms with van der Waals surface area (Å²) in [7, 11) is 1.66. The van der Waals surface area contributed by atoms with Crippen LogP contribution in [-0.2, 0) is 17.9 Å². The molecular weight excluding hydrogens is 280 g/mol. The SMILES string of the molecule is COc1cc(CN2CCC(C)CC2)ccc1CNCC(=O)O. The lowest BCUT2D eigenvalue weighted by Gasteiger charge is -2.30. The number of aliphatic carboxylic acids is 1. The topological polar surface area (TPSA) is 61.8 Å². The number of likely N-dealkylation sites (tertiary alicyclic amines) is 1. The van der Waals surface area contributed by atoms with Gasteiger partial charge in [-0.2, -0.15) is 0 Å². The summed E-state index contributed by atoms with van der Waals surface area (Å²) in [4.78, 5) is 13.0. The largest absolute Gasteiger partial charge is 0.496 e. The van der Waals surface area contributed by atoms with Crippen LogP contribution in [0, 0.1) is 5.92 Å². The van der Waals surface area contributed by atoms with Crippen LogP contribution in [0.15, 0.2) is 18.2 Å². The number of hydrogen-bond donors (Lipinski definition) is 2. The molecule has 5 heteroatoms. The van der Waals surface area contributed by atoms with Gasteiger partial charge in [-0.15, -0.1) is 0 Å². The number of benzene rings is 1. The van der Waals surface area contributed by atoms with Gasteiger partial charge in [-0.25, -0.2) is 0 Å². The third-order valence-corrected chi connectivity index (χ3v) is 4.23. The highest BCUT2D eigenvalue weighted by Gasteiger charge is 2.16. The van der Waals surface area contributed by atoms with E-state index in [0.29, 0.717) is 6.54 Å². The minimum atomic E-state index is -0.852. The predicted octanol–water partition coefficient (Wildman–Crippen LogP) is 2.10. The number of carbonyl (C=O) groups is 1. The maximum atomic E-state index is 10.5. The second kappa shape index (κ2) is 8.15. The van der Waals surface area contributed by atoms with E-state index in [1.807, 2.05) is 6.07 Å². The van der Waals surface area contributed by atoms with Crippen molar-refractivity contribution in [2.75, 3.05) is 26.7 Å². The molecule has 0 amide bonds. The summed E-state index contributed by atoms with van der Waals surface area (Å²) in [5, 5.41) is 11.6. The maximum Gasteiger partial charge on any atom is 0.317 e. The van der Waals surface area contributed by atoms with E-state index in [2.05, 4.69) is 29.3 Å². The van der Waals surface area contributed by atoms with Crippen LogP contribution in [-0.4, -0.2) is 42.7 Å². The molecule has 2 N–H and O–H groups in total. The van der Waals surface area contributed by atoms with Crippen molar-refractivity contribution in [2.24, 2.45) is 5.92 Å². The molecule has 0 aromatic heterocycles. The number of hydrogen-bond acceptors (Lipinski definition) is 4. The Bertz CT molecular complexity index is 497. The fourth-order valence-corrected chi connectivity index (χ4v) is 2.82. The first kappa shape index (κ1) is 16.8. The zero-order valence-corrected chi connectivity index (χ0v) is 13.5. The molecule has 1 aromatic carbocycles. The van der Waals surface area contributed by atoms with Crippen molar-refractivity contribution in [3.63, 3.8) is 0 Å². The number of carboxylic acids is 1. The lowest BCUT2D eigenvalue weighted by Crippen LogP contribution is -2.32. The first-order chi connectivity index (χ1) is 10.6. The molecule has 0 spiro atoms. The smallest absolute Gasteiger partial charge is 0.317 e. The van der Waals surface area contributed by atoms with Crippen molar-refractivity contribution >= 4 is 5.97 Å². The molecule has 22 heavy (non-hydrogen) atoms. The van der Waals surface area contributed by atoms with Gasteiger partial charge in [0.25, 0.3) is 0 Å².